The number of amides is 4. The first-order valence-electron chi connectivity index (χ1n) is 19.9. The number of hydrogen-bond donors (Lipinski definition) is 7. The summed E-state index contributed by atoms with van der Waals surface area (Å²) in [6, 6.07) is 11.7. The van der Waals surface area contributed by atoms with Gasteiger partial charge < -0.3 is 37.8 Å². The number of anilines is 1. The molecule has 1 heterocycles. The van der Waals surface area contributed by atoms with Crippen LogP contribution in [0.15, 0.2) is 63.4 Å². The van der Waals surface area contributed by atoms with Gasteiger partial charge in [-0.3, -0.25) is 24.2 Å². The fourth-order valence-corrected chi connectivity index (χ4v) is 12.2. The fourth-order valence-electron chi connectivity index (χ4n) is 10.5. The molecule has 1 saturated heterocycles. The van der Waals surface area contributed by atoms with E-state index in [9.17, 15) is 37.5 Å². The molecule has 4 saturated carbocycles. The first-order valence-corrected chi connectivity index (χ1v) is 21.3. The van der Waals surface area contributed by atoms with E-state index in [1.54, 1.807) is 18.2 Å². The first-order chi connectivity index (χ1) is 27.7. The highest BCUT2D eigenvalue weighted by Gasteiger charge is 2.72. The molecular formula is C40H51N9O8S. The number of hydrogen-bond acceptors (Lipinski definition) is 9. The lowest BCUT2D eigenvalue weighted by Gasteiger charge is -2.49. The van der Waals surface area contributed by atoms with Gasteiger partial charge in [0.1, 0.15) is 5.71 Å². The van der Waals surface area contributed by atoms with Crippen LogP contribution in [0, 0.1) is 28.6 Å². The Kier molecular flexibility index (Phi) is 11.6. The Balaban J connectivity index is 0.878. The van der Waals surface area contributed by atoms with Gasteiger partial charge in [-0.05, 0) is 111 Å². The third-order valence-electron chi connectivity index (χ3n) is 12.8. The van der Waals surface area contributed by atoms with Gasteiger partial charge in [-0.15, -0.1) is 0 Å². The minimum Gasteiger partial charge on any atom is -0.477 e. The summed E-state index contributed by atoms with van der Waals surface area (Å²) in [6.07, 6.45) is 8.46. The number of guanidine groups is 1. The SMILES string of the molecule is NC(N)=Nc1cc(NC(=O)CCCNC(=O)C23CC4CC5CC(C2)C5(C4)C3)cc(C(=O)NCC(=O)NCC(=NC[C@@H]2CCCN2S(=O)(=O)c2ccccc2)C(=O)O)c1. The van der Waals surface area contributed by atoms with Gasteiger partial charge in [0.05, 0.1) is 35.6 Å². The van der Waals surface area contributed by atoms with Gasteiger partial charge in [0.25, 0.3) is 5.91 Å². The zero-order valence-electron chi connectivity index (χ0n) is 32.2. The van der Waals surface area contributed by atoms with E-state index in [0.717, 1.165) is 25.2 Å². The van der Waals surface area contributed by atoms with Crippen LogP contribution in [0.1, 0.15) is 74.6 Å². The summed E-state index contributed by atoms with van der Waals surface area (Å²) in [6.45, 7) is -0.445. The molecule has 17 nitrogen and oxygen atoms in total. The molecule has 4 amide bonds. The highest BCUT2D eigenvalue weighted by molar-refractivity contribution is 7.89. The van der Waals surface area contributed by atoms with Crippen molar-refractivity contribution in [3.05, 3.63) is 54.1 Å². The molecule has 5 fully saturated rings. The highest BCUT2D eigenvalue weighted by atomic mass is 32.2. The average molecular weight is 818 g/mol. The van der Waals surface area contributed by atoms with Crippen molar-refractivity contribution in [2.75, 3.05) is 38.0 Å². The Hall–Kier alpha value is -5.36. The second kappa shape index (κ2) is 16.5. The van der Waals surface area contributed by atoms with Gasteiger partial charge in [0.2, 0.25) is 27.7 Å². The number of nitrogens with two attached hydrogens (primary N) is 2. The molecule has 58 heavy (non-hydrogen) atoms. The predicted octanol–water partition coefficient (Wildman–Crippen LogP) is 1.87. The van der Waals surface area contributed by atoms with E-state index in [0.29, 0.717) is 43.1 Å². The number of nitrogens with one attached hydrogen (secondary N) is 4. The summed E-state index contributed by atoms with van der Waals surface area (Å²) in [5.74, 6) is -1.13. The monoisotopic (exact) mass is 817 g/mol. The molecule has 18 heteroatoms. The Labute approximate surface area is 336 Å². The van der Waals surface area contributed by atoms with Crippen LogP contribution in [0.4, 0.5) is 11.4 Å². The topological polar surface area (TPSA) is 268 Å². The number of carboxylic acids is 1. The number of aliphatic carboxylic acids is 1. The van der Waals surface area contributed by atoms with Gasteiger partial charge in [0, 0.05) is 36.8 Å². The van der Waals surface area contributed by atoms with Gasteiger partial charge >= 0.3 is 5.97 Å². The van der Waals surface area contributed by atoms with Crippen LogP contribution in [0.3, 0.4) is 0 Å². The van der Waals surface area contributed by atoms with Crippen molar-refractivity contribution in [2.24, 2.45) is 50.0 Å². The van der Waals surface area contributed by atoms with Crippen molar-refractivity contribution in [3.63, 3.8) is 0 Å². The molecule has 2 aromatic rings. The number of sulfonamides is 1. The van der Waals surface area contributed by atoms with Crippen molar-refractivity contribution in [3.8, 4) is 0 Å². The third kappa shape index (κ3) is 8.43. The van der Waals surface area contributed by atoms with E-state index in [4.69, 9.17) is 11.5 Å². The number of carbonyl (C=O) groups is 5. The molecule has 0 aromatic heterocycles. The third-order valence-corrected chi connectivity index (χ3v) is 14.8. The Morgan fingerprint density at radius 3 is 2.47 bits per heavy atom. The molecule has 310 valence electrons. The maximum Gasteiger partial charge on any atom is 0.351 e. The van der Waals surface area contributed by atoms with Crippen molar-refractivity contribution in [2.45, 2.75) is 75.1 Å². The van der Waals surface area contributed by atoms with Gasteiger partial charge in [-0.1, -0.05) is 18.2 Å². The quantitative estimate of drug-likeness (QED) is 0.0692. The predicted molar refractivity (Wildman–Crippen MR) is 214 cm³/mol. The number of aliphatic imine (C=N–C) groups is 2. The van der Waals surface area contributed by atoms with E-state index in [2.05, 4.69) is 31.3 Å². The Morgan fingerprint density at radius 2 is 1.71 bits per heavy atom. The minimum absolute atomic E-state index is 0.0326. The number of carbonyl (C=O) groups excluding carboxylic acids is 4. The zero-order valence-corrected chi connectivity index (χ0v) is 33.1. The molecule has 3 bridgehead atoms. The van der Waals surface area contributed by atoms with Gasteiger partial charge in [-0.25, -0.2) is 18.2 Å². The second-order valence-corrected chi connectivity index (χ2v) is 18.4. The number of fused-ring (bicyclic) bond motifs is 2. The molecule has 1 aliphatic heterocycles. The average Bonchev–Trinajstić information content (AvgIpc) is 3.79. The van der Waals surface area contributed by atoms with Crippen LogP contribution in [-0.4, -0.2) is 97.9 Å². The molecule has 5 unspecified atom stereocenters. The van der Waals surface area contributed by atoms with E-state index < -0.39 is 46.9 Å². The summed E-state index contributed by atoms with van der Waals surface area (Å²) < 4.78 is 27.7. The van der Waals surface area contributed by atoms with Crippen molar-refractivity contribution >= 4 is 62.7 Å². The maximum atomic E-state index is 13.4. The number of benzene rings is 2. The smallest absolute Gasteiger partial charge is 0.351 e. The standard InChI is InChI=1S/C40H51N9O8S/c41-38(42)48-29-14-25(13-28(16-29)47-33(50)9-4-10-43-37(55)39-17-24-12-26-15-27(19-39)40(26,18-24)23-39)35(52)46-22-34(51)45-21-32(36(53)54)44-20-30-6-5-11-49(30)58(56,57)31-7-2-1-3-8-31/h1-3,7-8,13-14,16,24,26-27,30H,4-6,9-12,15,17-23H2,(H,43,55)(H,45,51)(H,46,52)(H,47,50)(H,53,54)(H4,41,42,48)/t24?,26?,27?,30-,39?,40?/m0/s1. The summed E-state index contributed by atoms with van der Waals surface area (Å²) in [5.41, 5.74) is 11.4. The molecular weight excluding hydrogens is 767 g/mol. The summed E-state index contributed by atoms with van der Waals surface area (Å²) in [7, 11) is -3.80. The summed E-state index contributed by atoms with van der Waals surface area (Å²) >= 11 is 0. The lowest BCUT2D eigenvalue weighted by Crippen LogP contribution is -2.44. The molecule has 5 aliphatic rings. The second-order valence-electron chi connectivity index (χ2n) is 16.5. The van der Waals surface area contributed by atoms with E-state index in [-0.39, 0.29) is 70.2 Å². The van der Waals surface area contributed by atoms with Crippen LogP contribution in [0.2, 0.25) is 0 Å². The fraction of sp³-hybridized carbons (Fsp3) is 0.525. The maximum absolute atomic E-state index is 13.4. The largest absolute Gasteiger partial charge is 0.477 e. The number of carboxylic acid groups (broad SMARTS) is 1. The lowest BCUT2D eigenvalue weighted by atomic mass is 9.55. The molecule has 6 atom stereocenters. The first kappa shape index (κ1) is 40.8. The Morgan fingerprint density at radius 1 is 0.914 bits per heavy atom. The van der Waals surface area contributed by atoms with Crippen LogP contribution >= 0.6 is 0 Å². The van der Waals surface area contributed by atoms with Gasteiger partial charge in [-0.2, -0.15) is 4.31 Å². The molecule has 7 rings (SSSR count). The van der Waals surface area contributed by atoms with E-state index >= 15 is 0 Å². The Bertz CT molecular complexity index is 2140. The molecule has 1 spiro atoms. The highest BCUT2D eigenvalue weighted by Crippen LogP contribution is 2.78. The molecule has 2 aromatic carbocycles. The van der Waals surface area contributed by atoms with Crippen molar-refractivity contribution < 1.29 is 37.5 Å². The summed E-state index contributed by atoms with van der Waals surface area (Å²) in [5, 5.41) is 20.5. The lowest BCUT2D eigenvalue weighted by molar-refractivity contribution is -0.133. The zero-order chi connectivity index (χ0) is 41.2. The van der Waals surface area contributed by atoms with Crippen molar-refractivity contribution in [1.82, 2.24) is 20.3 Å². The van der Waals surface area contributed by atoms with Gasteiger partial charge in [0.15, 0.2) is 5.96 Å². The van der Waals surface area contributed by atoms with E-state index in [1.165, 1.54) is 53.9 Å². The minimum atomic E-state index is -3.80. The van der Waals surface area contributed by atoms with Crippen LogP contribution < -0.4 is 32.7 Å². The number of rotatable bonds is 17. The molecule has 0 radical (unpaired) electrons. The van der Waals surface area contributed by atoms with Crippen LogP contribution in [-0.2, 0) is 29.2 Å². The van der Waals surface area contributed by atoms with Crippen LogP contribution in [0.5, 0.6) is 0 Å². The van der Waals surface area contributed by atoms with Crippen LogP contribution in [0.25, 0.3) is 0 Å². The molecule has 9 N–H and O–H groups in total. The van der Waals surface area contributed by atoms with E-state index in [1.807, 2.05) is 0 Å². The number of nitrogens with zero attached hydrogens (tertiary/aromatic N) is 3. The van der Waals surface area contributed by atoms with Crippen molar-refractivity contribution in [1.29, 1.82) is 0 Å². The normalized spacial score (nSPS) is 26.9. The summed E-state index contributed by atoms with van der Waals surface area (Å²) in [4.78, 5) is 72.4. The molecule has 4 aliphatic carbocycles.